The lowest BCUT2D eigenvalue weighted by Crippen LogP contribution is -2.19. The minimum atomic E-state index is -0.137. The molecule has 0 fully saturated rings. The van der Waals surface area contributed by atoms with Crippen molar-refractivity contribution in [1.82, 2.24) is 14.1 Å². The summed E-state index contributed by atoms with van der Waals surface area (Å²) in [5.74, 6) is 0.687. The number of nitrogens with zero attached hydrogens (tertiary/aromatic N) is 4. The molecule has 0 aromatic carbocycles. The Morgan fingerprint density at radius 1 is 1.17 bits per heavy atom. The average molecular weight is 432 g/mol. The van der Waals surface area contributed by atoms with E-state index < -0.39 is 0 Å². The number of carbonyl (C=O) groups is 1. The molecule has 0 unspecified atom stereocenters. The fraction of sp³-hybridized carbons (Fsp3) is 0.591. The van der Waals surface area contributed by atoms with E-state index in [9.17, 15) is 10.1 Å². The van der Waals surface area contributed by atoms with Gasteiger partial charge < -0.3 is 19.2 Å². The minimum Gasteiger partial charge on any atom is -0.385 e. The van der Waals surface area contributed by atoms with E-state index in [1.54, 1.807) is 7.11 Å². The van der Waals surface area contributed by atoms with Gasteiger partial charge in [0.25, 0.3) is 0 Å². The average Bonchev–Trinajstić information content (AvgIpc) is 3.12. The molecule has 2 heterocycles. The third kappa shape index (κ3) is 5.46. The lowest BCUT2D eigenvalue weighted by molar-refractivity contribution is -0.113. The highest BCUT2D eigenvalue weighted by Gasteiger charge is 2.20. The van der Waals surface area contributed by atoms with E-state index in [2.05, 4.69) is 34.8 Å². The highest BCUT2D eigenvalue weighted by molar-refractivity contribution is 7.99. The number of aryl methyl sites for hydroxylation is 1. The molecule has 0 aliphatic carbocycles. The van der Waals surface area contributed by atoms with Crippen molar-refractivity contribution in [2.75, 3.05) is 24.8 Å². The number of unbranched alkanes of at least 4 members (excludes halogenated alkanes) is 1. The topological polar surface area (TPSA) is 84.9 Å². The summed E-state index contributed by atoms with van der Waals surface area (Å²) in [6.45, 7) is 12.3. The number of hydrogen-bond acceptors (Lipinski definition) is 5. The molecule has 0 aliphatic heterocycles. The molecule has 0 aliphatic rings. The van der Waals surface area contributed by atoms with Crippen LogP contribution in [0.5, 0.6) is 0 Å². The summed E-state index contributed by atoms with van der Waals surface area (Å²) in [4.78, 5) is 17.4. The number of carbonyl (C=O) groups excluding carboxylic acids is 1. The number of anilines is 1. The summed E-state index contributed by atoms with van der Waals surface area (Å²) in [5.41, 5.74) is 4.57. The Hall–Kier alpha value is -2.24. The summed E-state index contributed by atoms with van der Waals surface area (Å²) in [6, 6.07) is 2.25. The Kier molecular flexibility index (Phi) is 9.00. The van der Waals surface area contributed by atoms with Crippen molar-refractivity contribution in [3.63, 3.8) is 0 Å². The molecule has 0 atom stereocenters. The lowest BCUT2D eigenvalue weighted by atomic mass is 10.2. The monoisotopic (exact) mass is 431 g/mol. The fourth-order valence-corrected chi connectivity index (χ4v) is 4.31. The second-order valence-electron chi connectivity index (χ2n) is 7.45. The minimum absolute atomic E-state index is 0.137. The van der Waals surface area contributed by atoms with Crippen molar-refractivity contribution in [2.45, 2.75) is 72.1 Å². The first-order valence-corrected chi connectivity index (χ1v) is 11.4. The number of thioether (sulfide) groups is 1. The first-order valence-electron chi connectivity index (χ1n) is 10.4. The molecular weight excluding hydrogens is 398 g/mol. The third-order valence-electron chi connectivity index (χ3n) is 5.42. The highest BCUT2D eigenvalue weighted by Crippen LogP contribution is 2.27. The highest BCUT2D eigenvalue weighted by atomic mass is 32.2. The van der Waals surface area contributed by atoms with Gasteiger partial charge in [0.05, 0.1) is 17.0 Å². The number of aromatic nitrogens is 3. The van der Waals surface area contributed by atoms with Crippen LogP contribution in [0, 0.1) is 39.0 Å². The summed E-state index contributed by atoms with van der Waals surface area (Å²) < 4.78 is 9.35. The number of amides is 1. The van der Waals surface area contributed by atoms with Crippen LogP contribution in [0.15, 0.2) is 5.16 Å². The zero-order valence-electron chi connectivity index (χ0n) is 19.0. The van der Waals surface area contributed by atoms with Gasteiger partial charge >= 0.3 is 0 Å². The lowest BCUT2D eigenvalue weighted by Gasteiger charge is -2.13. The van der Waals surface area contributed by atoms with Gasteiger partial charge in [-0.1, -0.05) is 25.1 Å². The molecule has 2 aromatic heterocycles. The number of imidazole rings is 1. The van der Waals surface area contributed by atoms with E-state index in [0.717, 1.165) is 53.6 Å². The molecule has 2 rings (SSSR count). The quantitative estimate of drug-likeness (QED) is 0.422. The van der Waals surface area contributed by atoms with Crippen LogP contribution in [0.3, 0.4) is 0 Å². The molecule has 0 radical (unpaired) electrons. The van der Waals surface area contributed by atoms with E-state index in [0.29, 0.717) is 24.5 Å². The molecule has 1 amide bonds. The number of hydrogen-bond donors (Lipinski definition) is 1. The zero-order valence-corrected chi connectivity index (χ0v) is 19.8. The van der Waals surface area contributed by atoms with Crippen molar-refractivity contribution in [1.29, 1.82) is 5.26 Å². The van der Waals surface area contributed by atoms with E-state index in [-0.39, 0.29) is 11.7 Å². The number of rotatable bonds is 11. The Morgan fingerprint density at radius 2 is 1.87 bits per heavy atom. The van der Waals surface area contributed by atoms with Gasteiger partial charge in [-0.25, -0.2) is 4.98 Å². The van der Waals surface area contributed by atoms with Crippen LogP contribution in [0.25, 0.3) is 0 Å². The van der Waals surface area contributed by atoms with Gasteiger partial charge in [-0.3, -0.25) is 4.79 Å². The summed E-state index contributed by atoms with van der Waals surface area (Å²) in [5, 5.41) is 13.5. The molecule has 8 heteroatoms. The van der Waals surface area contributed by atoms with E-state index in [1.165, 1.54) is 11.8 Å². The Balaban J connectivity index is 2.14. The molecule has 164 valence electrons. The Bertz CT molecular complexity index is 923. The van der Waals surface area contributed by atoms with Crippen LogP contribution >= 0.6 is 11.8 Å². The van der Waals surface area contributed by atoms with Crippen molar-refractivity contribution in [3.8, 4) is 6.07 Å². The summed E-state index contributed by atoms with van der Waals surface area (Å²) in [6.07, 6.45) is 2.99. The van der Waals surface area contributed by atoms with Gasteiger partial charge in [0.2, 0.25) is 5.91 Å². The predicted octanol–water partition coefficient (Wildman–Crippen LogP) is 4.36. The summed E-state index contributed by atoms with van der Waals surface area (Å²) in [7, 11) is 1.67. The molecule has 0 saturated carbocycles. The normalized spacial score (nSPS) is 11.0. The van der Waals surface area contributed by atoms with Gasteiger partial charge in [-0.05, 0) is 46.1 Å². The maximum Gasteiger partial charge on any atom is 0.235 e. The van der Waals surface area contributed by atoms with Crippen LogP contribution in [-0.4, -0.2) is 39.5 Å². The maximum absolute atomic E-state index is 12.8. The van der Waals surface area contributed by atoms with Gasteiger partial charge in [-0.2, -0.15) is 5.26 Å². The molecule has 30 heavy (non-hydrogen) atoms. The zero-order chi connectivity index (χ0) is 22.3. The van der Waals surface area contributed by atoms with Crippen molar-refractivity contribution >= 4 is 23.5 Å². The molecule has 0 bridgehead atoms. The van der Waals surface area contributed by atoms with Gasteiger partial charge in [0.1, 0.15) is 11.9 Å². The SMILES string of the molecule is CCCCn1c(SCC(=O)Nc2c(C#N)c(C)c(C)n2CCCOC)nc(C)c1C. The Morgan fingerprint density at radius 3 is 2.50 bits per heavy atom. The fourth-order valence-electron chi connectivity index (χ4n) is 3.39. The Labute approximate surface area is 183 Å². The van der Waals surface area contributed by atoms with E-state index in [1.807, 2.05) is 25.3 Å². The van der Waals surface area contributed by atoms with Gasteiger partial charge in [0.15, 0.2) is 5.16 Å². The second-order valence-corrected chi connectivity index (χ2v) is 8.39. The van der Waals surface area contributed by atoms with E-state index in [4.69, 9.17) is 4.74 Å². The van der Waals surface area contributed by atoms with Crippen LogP contribution in [-0.2, 0) is 22.6 Å². The van der Waals surface area contributed by atoms with Crippen molar-refractivity contribution < 1.29 is 9.53 Å². The standard InChI is InChI=1S/C22H33N5O2S/c1-7-8-10-27-18(5)16(3)24-22(27)30-14-20(28)25-21-19(13-23)15(2)17(4)26(21)11-9-12-29-6/h7-12,14H2,1-6H3,(H,25,28). The largest absolute Gasteiger partial charge is 0.385 e. The van der Waals surface area contributed by atoms with Crippen molar-refractivity contribution in [3.05, 3.63) is 28.2 Å². The first kappa shape index (κ1) is 24.0. The first-order chi connectivity index (χ1) is 14.3. The van der Waals surface area contributed by atoms with Crippen LogP contribution in [0.4, 0.5) is 5.82 Å². The number of nitrogens with one attached hydrogen (secondary N) is 1. The van der Waals surface area contributed by atoms with Gasteiger partial charge in [-0.15, -0.1) is 0 Å². The summed E-state index contributed by atoms with van der Waals surface area (Å²) >= 11 is 1.44. The molecule has 2 aromatic rings. The molecule has 0 saturated heterocycles. The predicted molar refractivity (Wildman–Crippen MR) is 121 cm³/mol. The van der Waals surface area contributed by atoms with Crippen LogP contribution in [0.2, 0.25) is 0 Å². The molecule has 7 nitrogen and oxygen atoms in total. The third-order valence-corrected chi connectivity index (χ3v) is 6.40. The molecule has 0 spiro atoms. The van der Waals surface area contributed by atoms with Gasteiger partial charge in [0, 0.05) is 38.2 Å². The van der Waals surface area contributed by atoms with Crippen LogP contribution < -0.4 is 5.32 Å². The molecule has 1 N–H and O–H groups in total. The number of methoxy groups -OCH3 is 1. The molecular formula is C22H33N5O2S. The number of ether oxygens (including phenoxy) is 1. The van der Waals surface area contributed by atoms with Crippen molar-refractivity contribution in [2.24, 2.45) is 0 Å². The smallest absolute Gasteiger partial charge is 0.235 e. The second kappa shape index (κ2) is 11.2. The maximum atomic E-state index is 12.8. The van der Waals surface area contributed by atoms with Crippen LogP contribution in [0.1, 0.15) is 54.4 Å². The van der Waals surface area contributed by atoms with E-state index >= 15 is 0 Å². The number of nitriles is 1.